The maximum Gasteiger partial charge on any atom is 0.334 e. The summed E-state index contributed by atoms with van der Waals surface area (Å²) >= 11 is 0. The summed E-state index contributed by atoms with van der Waals surface area (Å²) < 4.78 is 37.5. The van der Waals surface area contributed by atoms with Crippen LogP contribution < -0.4 is 0 Å². The van der Waals surface area contributed by atoms with Crippen molar-refractivity contribution in [2.75, 3.05) is 13.2 Å². The third-order valence-electron chi connectivity index (χ3n) is 2.92. The molecule has 0 saturated heterocycles. The van der Waals surface area contributed by atoms with Gasteiger partial charge in [-0.2, -0.15) is 0 Å². The van der Waals surface area contributed by atoms with Crippen LogP contribution in [0.5, 0.6) is 0 Å². The third-order valence-corrected chi connectivity index (χ3v) is 5.98. The second kappa shape index (κ2) is 7.72. The minimum absolute atomic E-state index is 0.523. The van der Waals surface area contributed by atoms with Gasteiger partial charge in [0.15, 0.2) is 0 Å². The summed E-state index contributed by atoms with van der Waals surface area (Å²) in [6.07, 6.45) is 1.45. The molecule has 0 fully saturated rings. The average Bonchev–Trinajstić information content (AvgIpc) is 2.28. The van der Waals surface area contributed by atoms with Crippen molar-refractivity contribution in [2.45, 2.75) is 39.3 Å². The highest BCUT2D eigenvalue weighted by molar-refractivity contribution is 6.66. The molecular formula is C14H22F2O2Si. The van der Waals surface area contributed by atoms with E-state index >= 15 is 0 Å². The highest BCUT2D eigenvalue weighted by atomic mass is 28.4. The quantitative estimate of drug-likeness (QED) is 0.672. The maximum absolute atomic E-state index is 13.1. The van der Waals surface area contributed by atoms with E-state index in [2.05, 4.69) is 0 Å². The molecule has 0 unspecified atom stereocenters. The third kappa shape index (κ3) is 5.80. The van der Waals surface area contributed by atoms with Gasteiger partial charge in [-0.05, 0) is 57.0 Å². The molecule has 108 valence electrons. The molecule has 0 atom stereocenters. The zero-order valence-corrected chi connectivity index (χ0v) is 12.8. The lowest BCUT2D eigenvalue weighted by molar-refractivity contribution is 0.188. The van der Waals surface area contributed by atoms with E-state index in [0.29, 0.717) is 25.2 Å². The predicted octanol–water partition coefficient (Wildman–Crippen LogP) is 4.04. The van der Waals surface area contributed by atoms with Crippen LogP contribution in [-0.2, 0) is 15.3 Å². The Balaban J connectivity index is 2.51. The van der Waals surface area contributed by atoms with Crippen molar-refractivity contribution in [3.05, 3.63) is 35.4 Å². The Morgan fingerprint density at radius 2 is 1.53 bits per heavy atom. The first kappa shape index (κ1) is 16.3. The predicted molar refractivity (Wildman–Crippen MR) is 74.4 cm³/mol. The number of rotatable bonds is 8. The summed E-state index contributed by atoms with van der Waals surface area (Å²) in [4.78, 5) is 0. The number of benzene rings is 1. The van der Waals surface area contributed by atoms with Crippen LogP contribution in [0.1, 0.15) is 25.8 Å². The van der Waals surface area contributed by atoms with Crippen molar-refractivity contribution in [3.63, 3.8) is 0 Å². The molecule has 0 amide bonds. The number of halogens is 2. The molecule has 1 aromatic carbocycles. The lowest BCUT2D eigenvalue weighted by Gasteiger charge is -2.25. The summed E-state index contributed by atoms with van der Waals surface area (Å²) in [7, 11) is -2.12. The van der Waals surface area contributed by atoms with Crippen LogP contribution in [0.15, 0.2) is 18.2 Å². The first-order chi connectivity index (χ1) is 8.99. The molecule has 0 aliphatic carbocycles. The van der Waals surface area contributed by atoms with E-state index in [0.717, 1.165) is 18.5 Å². The fraction of sp³-hybridized carbons (Fsp3) is 0.571. The van der Waals surface area contributed by atoms with Gasteiger partial charge >= 0.3 is 8.56 Å². The van der Waals surface area contributed by atoms with Gasteiger partial charge in [-0.25, -0.2) is 8.78 Å². The Kier molecular flexibility index (Phi) is 6.61. The first-order valence-corrected chi connectivity index (χ1v) is 9.24. The van der Waals surface area contributed by atoms with Crippen molar-refractivity contribution in [1.82, 2.24) is 0 Å². The summed E-state index contributed by atoms with van der Waals surface area (Å²) in [6.45, 7) is 7.21. The van der Waals surface area contributed by atoms with E-state index in [1.807, 2.05) is 20.4 Å². The molecular weight excluding hydrogens is 266 g/mol. The van der Waals surface area contributed by atoms with Gasteiger partial charge < -0.3 is 8.85 Å². The zero-order chi connectivity index (χ0) is 14.3. The maximum atomic E-state index is 13.1. The standard InChI is InChI=1S/C14H22F2O2Si/c1-4-17-19(3,18-5-2)8-6-7-12-9-13(15)11-14(16)10-12/h9-11H,4-8H2,1-3H3. The molecule has 0 N–H and O–H groups in total. The minimum atomic E-state index is -2.12. The molecule has 19 heavy (non-hydrogen) atoms. The number of hydrogen-bond donors (Lipinski definition) is 0. The van der Waals surface area contributed by atoms with Crippen LogP contribution in [0.3, 0.4) is 0 Å². The largest absolute Gasteiger partial charge is 0.395 e. The van der Waals surface area contributed by atoms with Crippen molar-refractivity contribution < 1.29 is 17.6 Å². The number of aryl methyl sites for hydroxylation is 1. The lowest BCUT2D eigenvalue weighted by atomic mass is 10.1. The van der Waals surface area contributed by atoms with Gasteiger partial charge in [-0.3, -0.25) is 0 Å². The molecule has 0 aromatic heterocycles. The van der Waals surface area contributed by atoms with Crippen molar-refractivity contribution in [3.8, 4) is 0 Å². The van der Waals surface area contributed by atoms with Gasteiger partial charge in [-0.1, -0.05) is 0 Å². The molecule has 0 saturated carbocycles. The van der Waals surface area contributed by atoms with Gasteiger partial charge in [0.25, 0.3) is 0 Å². The van der Waals surface area contributed by atoms with E-state index in [4.69, 9.17) is 8.85 Å². The molecule has 0 spiro atoms. The van der Waals surface area contributed by atoms with Crippen molar-refractivity contribution >= 4 is 8.56 Å². The number of hydrogen-bond acceptors (Lipinski definition) is 2. The Bertz CT molecular complexity index is 373. The van der Waals surface area contributed by atoms with Crippen LogP contribution in [0.25, 0.3) is 0 Å². The summed E-state index contributed by atoms with van der Waals surface area (Å²) in [5.41, 5.74) is 0.682. The monoisotopic (exact) mass is 288 g/mol. The van der Waals surface area contributed by atoms with Crippen molar-refractivity contribution in [2.24, 2.45) is 0 Å². The fourth-order valence-corrected chi connectivity index (χ4v) is 4.58. The van der Waals surface area contributed by atoms with E-state index in [-0.39, 0.29) is 0 Å². The highest BCUT2D eigenvalue weighted by Gasteiger charge is 2.29. The smallest absolute Gasteiger partial charge is 0.334 e. The van der Waals surface area contributed by atoms with Gasteiger partial charge in [0.2, 0.25) is 0 Å². The average molecular weight is 288 g/mol. The molecule has 0 radical (unpaired) electrons. The van der Waals surface area contributed by atoms with Gasteiger partial charge in [0.05, 0.1) is 0 Å². The lowest BCUT2D eigenvalue weighted by Crippen LogP contribution is -2.38. The molecule has 0 aliphatic heterocycles. The topological polar surface area (TPSA) is 18.5 Å². The van der Waals surface area contributed by atoms with Gasteiger partial charge in [0.1, 0.15) is 11.6 Å². The molecule has 0 bridgehead atoms. The van der Waals surface area contributed by atoms with Gasteiger partial charge in [-0.15, -0.1) is 0 Å². The van der Waals surface area contributed by atoms with E-state index < -0.39 is 20.2 Å². The molecule has 0 heterocycles. The van der Waals surface area contributed by atoms with Crippen LogP contribution >= 0.6 is 0 Å². The summed E-state index contributed by atoms with van der Waals surface area (Å²) in [5, 5.41) is 0. The zero-order valence-electron chi connectivity index (χ0n) is 11.8. The second-order valence-electron chi connectivity index (χ2n) is 4.63. The van der Waals surface area contributed by atoms with E-state index in [1.165, 1.54) is 12.1 Å². The Hall–Kier alpha value is -0.783. The van der Waals surface area contributed by atoms with Crippen LogP contribution in [0, 0.1) is 11.6 Å². The molecule has 2 nitrogen and oxygen atoms in total. The molecule has 1 aromatic rings. The first-order valence-electron chi connectivity index (χ1n) is 6.72. The molecule has 0 aliphatic rings. The Labute approximate surface area is 115 Å². The summed E-state index contributed by atoms with van der Waals surface area (Å²) in [6, 6.07) is 4.47. The van der Waals surface area contributed by atoms with Crippen molar-refractivity contribution in [1.29, 1.82) is 0 Å². The fourth-order valence-electron chi connectivity index (χ4n) is 2.17. The van der Waals surface area contributed by atoms with Gasteiger partial charge in [0, 0.05) is 19.3 Å². The van der Waals surface area contributed by atoms with Crippen LogP contribution in [0.4, 0.5) is 8.78 Å². The normalized spacial score (nSPS) is 11.8. The highest BCUT2D eigenvalue weighted by Crippen LogP contribution is 2.19. The Morgan fingerprint density at radius 1 is 1.00 bits per heavy atom. The van der Waals surface area contributed by atoms with E-state index in [9.17, 15) is 8.78 Å². The van der Waals surface area contributed by atoms with E-state index in [1.54, 1.807) is 0 Å². The van der Waals surface area contributed by atoms with Crippen LogP contribution in [0.2, 0.25) is 12.6 Å². The summed E-state index contributed by atoms with van der Waals surface area (Å²) in [5.74, 6) is -1.05. The second-order valence-corrected chi connectivity index (χ2v) is 7.98. The van der Waals surface area contributed by atoms with Crippen LogP contribution in [-0.4, -0.2) is 21.8 Å². The molecule has 1 rings (SSSR count). The SMILES string of the molecule is CCO[Si](C)(CCCc1cc(F)cc(F)c1)OCC. The minimum Gasteiger partial charge on any atom is -0.395 e. The molecule has 5 heteroatoms. The Morgan fingerprint density at radius 3 is 2.00 bits per heavy atom.